The van der Waals surface area contributed by atoms with E-state index in [0.29, 0.717) is 16.6 Å². The monoisotopic (exact) mass is 391 g/mol. The first-order chi connectivity index (χ1) is 14.0. The Morgan fingerprint density at radius 1 is 1.31 bits per heavy atom. The van der Waals surface area contributed by atoms with E-state index in [-0.39, 0.29) is 22.9 Å². The Kier molecular flexibility index (Phi) is 5.80. The molecule has 0 bridgehead atoms. The molecule has 0 atom stereocenters. The van der Waals surface area contributed by atoms with Gasteiger partial charge in [0.25, 0.3) is 0 Å². The molecular formula is C21H17N3O5. The molecule has 0 saturated carbocycles. The summed E-state index contributed by atoms with van der Waals surface area (Å²) in [5.74, 6) is -0.693. The summed E-state index contributed by atoms with van der Waals surface area (Å²) in [4.78, 5) is 19.1. The van der Waals surface area contributed by atoms with Crippen molar-refractivity contribution in [3.05, 3.63) is 65.7 Å². The van der Waals surface area contributed by atoms with Crippen LogP contribution < -0.4 is 4.74 Å². The number of imidazole rings is 1. The van der Waals surface area contributed by atoms with Gasteiger partial charge in [0.2, 0.25) is 0 Å². The van der Waals surface area contributed by atoms with Crippen molar-refractivity contribution in [2.45, 2.75) is 0 Å². The predicted molar refractivity (Wildman–Crippen MR) is 106 cm³/mol. The predicted octanol–water partition coefficient (Wildman–Crippen LogP) is 3.33. The molecule has 0 aliphatic rings. The molecule has 3 N–H and O–H groups in total. The van der Waals surface area contributed by atoms with E-state index in [0.717, 1.165) is 6.08 Å². The Balaban J connectivity index is 1.68. The number of benzene rings is 2. The Morgan fingerprint density at radius 3 is 2.83 bits per heavy atom. The lowest BCUT2D eigenvalue weighted by atomic mass is 10.2. The number of nitrogens with one attached hydrogen (secondary N) is 1. The maximum absolute atomic E-state index is 11.9. The molecule has 0 fully saturated rings. The fourth-order valence-electron chi connectivity index (χ4n) is 2.55. The van der Waals surface area contributed by atoms with Gasteiger partial charge in [0.05, 0.1) is 18.1 Å². The second-order valence-corrected chi connectivity index (χ2v) is 5.91. The molecule has 0 aliphatic carbocycles. The quantitative estimate of drug-likeness (QED) is 0.254. The van der Waals surface area contributed by atoms with Gasteiger partial charge in [0, 0.05) is 6.08 Å². The number of hydrogen-bond donors (Lipinski definition) is 3. The number of ether oxygens (including phenoxy) is 2. The largest absolute Gasteiger partial charge is 0.507 e. The molecule has 8 nitrogen and oxygen atoms in total. The van der Waals surface area contributed by atoms with Gasteiger partial charge in [-0.3, -0.25) is 0 Å². The number of aliphatic hydroxyl groups excluding tert-OH is 1. The Hall–Kier alpha value is -4.25. The Bertz CT molecular complexity index is 1120. The number of carbonyl (C=O) groups is 1. The number of hydrogen-bond acceptors (Lipinski definition) is 7. The van der Waals surface area contributed by atoms with Crippen LogP contribution in [0.2, 0.25) is 0 Å². The van der Waals surface area contributed by atoms with Gasteiger partial charge >= 0.3 is 5.97 Å². The van der Waals surface area contributed by atoms with Gasteiger partial charge in [0.1, 0.15) is 18.2 Å². The van der Waals surface area contributed by atoms with Gasteiger partial charge < -0.3 is 24.7 Å². The minimum Gasteiger partial charge on any atom is -0.507 e. The molecule has 0 spiro atoms. The lowest BCUT2D eigenvalue weighted by Gasteiger charge is -2.04. The van der Waals surface area contributed by atoms with Gasteiger partial charge in [0.15, 0.2) is 23.1 Å². The topological polar surface area (TPSA) is 128 Å². The number of rotatable bonds is 6. The SMILES string of the molecule is COc1cc(C=CC(=O)OC/C(O)=C(\C#N)c2nc3ccccc3[nH]2)ccc1O. The number of aromatic nitrogens is 2. The van der Waals surface area contributed by atoms with Crippen LogP contribution in [0.1, 0.15) is 11.4 Å². The number of aromatic hydroxyl groups is 1. The van der Waals surface area contributed by atoms with Crippen LogP contribution in [0.4, 0.5) is 0 Å². The van der Waals surface area contributed by atoms with E-state index >= 15 is 0 Å². The van der Waals surface area contributed by atoms with Crippen molar-refractivity contribution < 1.29 is 24.5 Å². The van der Waals surface area contributed by atoms with Crippen LogP contribution in [0.25, 0.3) is 22.7 Å². The van der Waals surface area contributed by atoms with Crippen LogP contribution in [0.15, 0.2) is 54.3 Å². The minimum atomic E-state index is -0.717. The number of carbonyl (C=O) groups excluding carboxylic acids is 1. The van der Waals surface area contributed by atoms with Gasteiger partial charge in [-0.2, -0.15) is 5.26 Å². The number of nitriles is 1. The highest BCUT2D eigenvalue weighted by atomic mass is 16.5. The van der Waals surface area contributed by atoms with E-state index in [2.05, 4.69) is 9.97 Å². The molecule has 0 aliphatic heterocycles. The van der Waals surface area contributed by atoms with Crippen LogP contribution in [-0.2, 0) is 9.53 Å². The minimum absolute atomic E-state index is 0.0168. The van der Waals surface area contributed by atoms with Crippen molar-refractivity contribution in [1.82, 2.24) is 9.97 Å². The number of nitrogens with zero attached hydrogens (tertiary/aromatic N) is 2. The standard InChI is InChI=1S/C21H17N3O5/c1-28-19-10-13(6-8-17(19)25)7-9-20(27)29-12-18(26)14(11-22)21-23-15-4-2-3-5-16(15)24-21/h2-10,25-26H,12H2,1H3,(H,23,24)/b9-7?,18-14-. The number of phenols is 1. The van der Waals surface area contributed by atoms with E-state index in [1.54, 1.807) is 30.3 Å². The summed E-state index contributed by atoms with van der Waals surface area (Å²) in [5, 5.41) is 29.1. The summed E-state index contributed by atoms with van der Waals surface area (Å²) in [6, 6.07) is 13.6. The van der Waals surface area contributed by atoms with Gasteiger partial charge in [-0.1, -0.05) is 18.2 Å². The molecule has 146 valence electrons. The van der Waals surface area contributed by atoms with E-state index in [1.807, 2.05) is 12.1 Å². The fourth-order valence-corrected chi connectivity index (χ4v) is 2.55. The zero-order valence-electron chi connectivity index (χ0n) is 15.4. The first-order valence-electron chi connectivity index (χ1n) is 8.51. The number of aliphatic hydroxyl groups is 1. The molecule has 1 aromatic heterocycles. The highest BCUT2D eigenvalue weighted by Gasteiger charge is 2.14. The van der Waals surface area contributed by atoms with Crippen LogP contribution in [0.5, 0.6) is 11.5 Å². The first kappa shape index (κ1) is 19.5. The van der Waals surface area contributed by atoms with Crippen LogP contribution in [0.3, 0.4) is 0 Å². The molecular weight excluding hydrogens is 374 g/mol. The zero-order chi connectivity index (χ0) is 20.8. The van der Waals surface area contributed by atoms with Gasteiger partial charge in [-0.25, -0.2) is 9.78 Å². The summed E-state index contributed by atoms with van der Waals surface area (Å²) in [5.41, 5.74) is 1.86. The molecule has 0 amide bonds. The number of phenolic OH excluding ortho intramolecular Hbond substituents is 1. The van der Waals surface area contributed by atoms with Crippen LogP contribution in [0, 0.1) is 11.3 Å². The zero-order valence-corrected chi connectivity index (χ0v) is 15.4. The molecule has 2 aromatic carbocycles. The average molecular weight is 391 g/mol. The summed E-state index contributed by atoms with van der Waals surface area (Å²) in [7, 11) is 1.42. The molecule has 0 saturated heterocycles. The van der Waals surface area contributed by atoms with Crippen molar-refractivity contribution in [3.8, 4) is 17.6 Å². The highest BCUT2D eigenvalue weighted by molar-refractivity contribution is 5.87. The maximum Gasteiger partial charge on any atom is 0.331 e. The summed E-state index contributed by atoms with van der Waals surface area (Å²) in [6.07, 6.45) is 2.63. The molecule has 1 heterocycles. The maximum atomic E-state index is 11.9. The number of allylic oxidation sites excluding steroid dienone is 1. The van der Waals surface area contributed by atoms with Crippen molar-refractivity contribution in [2.24, 2.45) is 0 Å². The summed E-state index contributed by atoms with van der Waals surface area (Å²) < 4.78 is 9.97. The molecule has 8 heteroatoms. The molecule has 0 unspecified atom stereocenters. The Morgan fingerprint density at radius 2 is 2.10 bits per heavy atom. The van der Waals surface area contributed by atoms with Crippen molar-refractivity contribution in [3.63, 3.8) is 0 Å². The van der Waals surface area contributed by atoms with E-state index in [4.69, 9.17) is 9.47 Å². The van der Waals surface area contributed by atoms with Gasteiger partial charge in [-0.05, 0) is 35.9 Å². The van der Waals surface area contributed by atoms with Crippen molar-refractivity contribution >= 4 is 28.7 Å². The first-order valence-corrected chi connectivity index (χ1v) is 8.51. The lowest BCUT2D eigenvalue weighted by Crippen LogP contribution is -2.06. The van der Waals surface area contributed by atoms with E-state index in [9.17, 15) is 20.3 Å². The second kappa shape index (κ2) is 8.63. The normalized spacial score (nSPS) is 11.9. The number of H-pyrrole nitrogens is 1. The summed E-state index contributed by atoms with van der Waals surface area (Å²) in [6.45, 7) is -0.484. The molecule has 0 radical (unpaired) electrons. The summed E-state index contributed by atoms with van der Waals surface area (Å²) >= 11 is 0. The lowest BCUT2D eigenvalue weighted by molar-refractivity contribution is -0.137. The van der Waals surface area contributed by atoms with Crippen LogP contribution in [-0.4, -0.2) is 39.9 Å². The van der Waals surface area contributed by atoms with Crippen molar-refractivity contribution in [2.75, 3.05) is 13.7 Å². The van der Waals surface area contributed by atoms with E-state index < -0.39 is 18.3 Å². The second-order valence-electron chi connectivity index (χ2n) is 5.91. The highest BCUT2D eigenvalue weighted by Crippen LogP contribution is 2.26. The Labute approximate surface area is 166 Å². The number of fused-ring (bicyclic) bond motifs is 1. The number of para-hydroxylation sites is 2. The molecule has 3 rings (SSSR count). The number of methoxy groups -OCH3 is 1. The number of esters is 1. The van der Waals surface area contributed by atoms with Gasteiger partial charge in [-0.15, -0.1) is 0 Å². The third kappa shape index (κ3) is 4.54. The number of aromatic amines is 1. The third-order valence-corrected chi connectivity index (χ3v) is 3.99. The van der Waals surface area contributed by atoms with Crippen LogP contribution >= 0.6 is 0 Å². The van der Waals surface area contributed by atoms with Crippen molar-refractivity contribution in [1.29, 1.82) is 5.26 Å². The molecule has 3 aromatic rings. The molecule has 29 heavy (non-hydrogen) atoms. The average Bonchev–Trinajstić information content (AvgIpc) is 3.15. The van der Waals surface area contributed by atoms with E-state index in [1.165, 1.54) is 19.3 Å². The fraction of sp³-hybridized carbons (Fsp3) is 0.0952. The smallest absolute Gasteiger partial charge is 0.331 e. The third-order valence-electron chi connectivity index (χ3n) is 3.99.